The van der Waals surface area contributed by atoms with Crippen LogP contribution >= 0.6 is 0 Å². The second-order valence-corrected chi connectivity index (χ2v) is 9.17. The maximum atomic E-state index is 13.0. The lowest BCUT2D eigenvalue weighted by Gasteiger charge is -2.55. The summed E-state index contributed by atoms with van der Waals surface area (Å²) in [5, 5.41) is 16.5. The number of rotatable bonds is 7. The number of carbonyl (C=O) groups excluding carboxylic acids is 2. The molecule has 7 nitrogen and oxygen atoms in total. The lowest BCUT2D eigenvalue weighted by molar-refractivity contribution is -0.156. The van der Waals surface area contributed by atoms with E-state index in [1.54, 1.807) is 0 Å². The Bertz CT molecular complexity index is 1070. The predicted molar refractivity (Wildman–Crippen MR) is 115 cm³/mol. The number of benzene rings is 1. The van der Waals surface area contributed by atoms with Crippen LogP contribution in [0.3, 0.4) is 0 Å². The minimum Gasteiger partial charge on any atom is -0.484 e. The molecule has 3 fully saturated rings. The third-order valence-electron chi connectivity index (χ3n) is 6.94. The molecule has 1 aromatic carbocycles. The molecule has 0 unspecified atom stereocenters. The Morgan fingerprint density at radius 2 is 1.77 bits per heavy atom. The highest BCUT2D eigenvalue weighted by molar-refractivity contribution is 5.84. The van der Waals surface area contributed by atoms with Gasteiger partial charge in [-0.1, -0.05) is 0 Å². The predicted octanol–water partition coefficient (Wildman–Crippen LogP) is 3.11. The molecule has 2 aromatic rings. The van der Waals surface area contributed by atoms with Crippen LogP contribution in [0.4, 0.5) is 17.6 Å². The molecule has 1 aromatic heterocycles. The molecular formula is C24H25F4N3O4. The molecule has 5 rings (SSSR count). The van der Waals surface area contributed by atoms with E-state index in [0.29, 0.717) is 37.6 Å². The molecule has 35 heavy (non-hydrogen) atoms. The zero-order valence-electron chi connectivity index (χ0n) is 18.7. The fraction of sp³-hybridized carbons (Fsp3) is 0.458. The van der Waals surface area contributed by atoms with Crippen molar-refractivity contribution < 1.29 is 37.0 Å². The Balaban J connectivity index is 1.30. The van der Waals surface area contributed by atoms with E-state index < -0.39 is 34.6 Å². The first-order valence-electron chi connectivity index (χ1n) is 11.2. The van der Waals surface area contributed by atoms with Crippen molar-refractivity contribution in [1.29, 1.82) is 0 Å². The first-order chi connectivity index (χ1) is 16.5. The molecule has 0 aliphatic heterocycles. The number of hydrogen-bond donors (Lipinski definition) is 3. The Kier molecular flexibility index (Phi) is 6.72. The molecule has 3 aliphatic rings. The van der Waals surface area contributed by atoms with Gasteiger partial charge in [-0.2, -0.15) is 13.2 Å². The van der Waals surface area contributed by atoms with E-state index in [1.807, 2.05) is 0 Å². The normalized spacial score (nSPS) is 25.7. The van der Waals surface area contributed by atoms with Gasteiger partial charge < -0.3 is 20.5 Å². The molecule has 3 aliphatic carbocycles. The highest BCUT2D eigenvalue weighted by Gasteiger charge is 2.58. The van der Waals surface area contributed by atoms with Gasteiger partial charge >= 0.3 is 6.18 Å². The minimum absolute atomic E-state index is 0.0615. The van der Waals surface area contributed by atoms with Crippen LogP contribution in [0.15, 0.2) is 42.6 Å². The zero-order valence-corrected chi connectivity index (χ0v) is 18.7. The van der Waals surface area contributed by atoms with Crippen LogP contribution in [0.25, 0.3) is 0 Å². The van der Waals surface area contributed by atoms with Crippen LogP contribution in [0, 0.1) is 11.2 Å². The number of ether oxygens (including phenoxy) is 1. The fourth-order valence-corrected chi connectivity index (χ4v) is 4.89. The van der Waals surface area contributed by atoms with Crippen LogP contribution in [-0.2, 0) is 22.3 Å². The molecule has 0 radical (unpaired) electrons. The second-order valence-electron chi connectivity index (χ2n) is 9.17. The number of aromatic nitrogens is 1. The smallest absolute Gasteiger partial charge is 0.417 e. The number of nitrogens with one attached hydrogen (secondary N) is 2. The van der Waals surface area contributed by atoms with Gasteiger partial charge in [-0.25, -0.2) is 4.39 Å². The maximum absolute atomic E-state index is 13.0. The van der Waals surface area contributed by atoms with Crippen molar-refractivity contribution in [3.8, 4) is 5.75 Å². The van der Waals surface area contributed by atoms with Gasteiger partial charge in [-0.3, -0.25) is 14.6 Å². The summed E-state index contributed by atoms with van der Waals surface area (Å²) < 4.78 is 56.4. The van der Waals surface area contributed by atoms with Crippen LogP contribution in [0.1, 0.15) is 43.4 Å². The number of carbonyl (C=O) groups is 2. The minimum atomic E-state index is -4.49. The summed E-state index contributed by atoms with van der Waals surface area (Å²) in [7, 11) is 0. The zero-order chi connectivity index (χ0) is 25.3. The molecule has 1 atom stereocenters. The Hall–Kier alpha value is -3.21. The van der Waals surface area contributed by atoms with Crippen molar-refractivity contribution in [2.75, 3.05) is 6.61 Å². The second kappa shape index (κ2) is 9.44. The van der Waals surface area contributed by atoms with Gasteiger partial charge in [0.05, 0.1) is 29.3 Å². The summed E-state index contributed by atoms with van der Waals surface area (Å²) in [4.78, 5) is 29.2. The van der Waals surface area contributed by atoms with Crippen LogP contribution in [-0.4, -0.2) is 40.2 Å². The number of hydrogen-bond acceptors (Lipinski definition) is 5. The molecule has 0 spiro atoms. The maximum Gasteiger partial charge on any atom is 0.417 e. The van der Waals surface area contributed by atoms with E-state index in [1.165, 1.54) is 30.3 Å². The number of nitrogens with zero attached hydrogens (tertiary/aromatic N) is 1. The molecular weight excluding hydrogens is 470 g/mol. The summed E-state index contributed by atoms with van der Waals surface area (Å²) in [6.07, 6.45) is -2.91. The number of aliphatic hydroxyl groups excluding tert-OH is 1. The summed E-state index contributed by atoms with van der Waals surface area (Å²) in [6, 6.07) is 7.39. The Labute approximate surface area is 198 Å². The van der Waals surface area contributed by atoms with Crippen LogP contribution < -0.4 is 15.4 Å². The first kappa shape index (κ1) is 24.9. The highest BCUT2D eigenvalue weighted by Crippen LogP contribution is 2.52. The van der Waals surface area contributed by atoms with E-state index in [-0.39, 0.29) is 37.1 Å². The SMILES string of the molecule is O=C(COc1ccc(F)cc1)NC12CCC(C(=O)NCc3ccc(C(F)(F)F)cn3)(CC1)[C@@H](O)C2. The first-order valence-corrected chi connectivity index (χ1v) is 11.2. The van der Waals surface area contributed by atoms with Crippen molar-refractivity contribution in [2.45, 2.75) is 56.5 Å². The van der Waals surface area contributed by atoms with Gasteiger partial charge in [0.1, 0.15) is 11.6 Å². The van der Waals surface area contributed by atoms with Crippen molar-refractivity contribution in [1.82, 2.24) is 15.6 Å². The Morgan fingerprint density at radius 1 is 1.09 bits per heavy atom. The molecule has 11 heteroatoms. The lowest BCUT2D eigenvalue weighted by Crippen LogP contribution is -2.65. The molecule has 2 amide bonds. The number of amides is 2. The fourth-order valence-electron chi connectivity index (χ4n) is 4.89. The monoisotopic (exact) mass is 495 g/mol. The van der Waals surface area contributed by atoms with Gasteiger partial charge in [0.25, 0.3) is 5.91 Å². The topological polar surface area (TPSA) is 101 Å². The van der Waals surface area contributed by atoms with E-state index in [4.69, 9.17) is 4.74 Å². The van der Waals surface area contributed by atoms with Gasteiger partial charge in [-0.15, -0.1) is 0 Å². The summed E-state index contributed by atoms with van der Waals surface area (Å²) in [5.41, 5.74) is -2.28. The molecule has 188 valence electrons. The van der Waals surface area contributed by atoms with Crippen molar-refractivity contribution in [2.24, 2.45) is 5.41 Å². The van der Waals surface area contributed by atoms with E-state index in [2.05, 4.69) is 15.6 Å². The summed E-state index contributed by atoms with van der Waals surface area (Å²) in [6.45, 7) is -0.330. The molecule has 0 saturated heterocycles. The summed E-state index contributed by atoms with van der Waals surface area (Å²) >= 11 is 0. The van der Waals surface area contributed by atoms with Gasteiger partial charge in [-0.05, 0) is 68.5 Å². The number of aliphatic hydroxyl groups is 1. The van der Waals surface area contributed by atoms with Crippen LogP contribution in [0.5, 0.6) is 5.75 Å². The van der Waals surface area contributed by atoms with Crippen LogP contribution in [0.2, 0.25) is 0 Å². The van der Waals surface area contributed by atoms with E-state index in [0.717, 1.165) is 6.07 Å². The average Bonchev–Trinajstić information content (AvgIpc) is 2.82. The standard InChI is InChI=1S/C24H25F4N3O4/c25-16-2-5-18(6-3-16)35-14-20(33)31-22-7-9-23(10-8-22,19(32)11-22)21(34)30-13-17-4-1-15(12-29-17)24(26,27)28/h1-6,12,19,32H,7-11,13-14H2,(H,30,34)(H,31,33)/t19-,22?,23?/m0/s1. The largest absolute Gasteiger partial charge is 0.484 e. The van der Waals surface area contributed by atoms with Crippen molar-refractivity contribution in [3.63, 3.8) is 0 Å². The van der Waals surface area contributed by atoms with Crippen molar-refractivity contribution >= 4 is 11.8 Å². The van der Waals surface area contributed by atoms with E-state index in [9.17, 15) is 32.3 Å². The van der Waals surface area contributed by atoms with Crippen molar-refractivity contribution in [3.05, 3.63) is 59.7 Å². The lowest BCUT2D eigenvalue weighted by atomic mass is 9.55. The quantitative estimate of drug-likeness (QED) is 0.513. The Morgan fingerprint density at radius 3 is 2.34 bits per heavy atom. The molecule has 3 N–H and O–H groups in total. The number of alkyl halides is 3. The summed E-state index contributed by atoms with van der Waals surface area (Å²) in [5.74, 6) is -0.827. The molecule has 3 saturated carbocycles. The van der Waals surface area contributed by atoms with Gasteiger partial charge in [0.15, 0.2) is 6.61 Å². The molecule has 2 bridgehead atoms. The highest BCUT2D eigenvalue weighted by atomic mass is 19.4. The number of pyridine rings is 1. The van der Waals surface area contributed by atoms with Gasteiger partial charge in [0.2, 0.25) is 5.91 Å². The van der Waals surface area contributed by atoms with Gasteiger partial charge in [0, 0.05) is 11.7 Å². The number of halogens is 4. The molecule has 1 heterocycles. The van der Waals surface area contributed by atoms with E-state index >= 15 is 0 Å². The average molecular weight is 495 g/mol. The third kappa shape index (κ3) is 5.39. The number of fused-ring (bicyclic) bond motifs is 3. The third-order valence-corrected chi connectivity index (χ3v) is 6.94.